The van der Waals surface area contributed by atoms with Crippen molar-refractivity contribution < 1.29 is 8.78 Å². The molecule has 7 heteroatoms. The number of aromatic nitrogens is 4. The lowest BCUT2D eigenvalue weighted by molar-refractivity contribution is 0.132. The van der Waals surface area contributed by atoms with Crippen LogP contribution in [0.1, 0.15) is 36.7 Å². The van der Waals surface area contributed by atoms with Gasteiger partial charge in [0.1, 0.15) is 17.5 Å². The molecule has 3 heterocycles. The van der Waals surface area contributed by atoms with Crippen LogP contribution in [-0.4, -0.2) is 31.2 Å². The third-order valence-electron chi connectivity index (χ3n) is 5.06. The van der Waals surface area contributed by atoms with Crippen LogP contribution in [0.4, 0.5) is 8.78 Å². The smallest absolute Gasteiger partial charge is 0.135 e. The summed E-state index contributed by atoms with van der Waals surface area (Å²) in [7, 11) is 2.01. The highest BCUT2D eigenvalue weighted by atomic mass is 19.1. The van der Waals surface area contributed by atoms with Crippen LogP contribution in [0.3, 0.4) is 0 Å². The Kier molecular flexibility index (Phi) is 4.55. The summed E-state index contributed by atoms with van der Waals surface area (Å²) in [5.74, 6) is -0.129. The minimum absolute atomic E-state index is 0.226. The Morgan fingerprint density at radius 1 is 1.27 bits per heavy atom. The van der Waals surface area contributed by atoms with Gasteiger partial charge in [0.05, 0.1) is 17.9 Å². The highest BCUT2D eigenvalue weighted by molar-refractivity contribution is 5.63. The molecule has 1 atom stereocenters. The van der Waals surface area contributed by atoms with Gasteiger partial charge in [0.25, 0.3) is 0 Å². The van der Waals surface area contributed by atoms with Crippen LogP contribution in [-0.2, 0) is 13.6 Å². The van der Waals surface area contributed by atoms with E-state index in [9.17, 15) is 8.78 Å². The second-order valence-electron chi connectivity index (χ2n) is 6.77. The average molecular weight is 357 g/mol. The number of rotatable bonds is 4. The van der Waals surface area contributed by atoms with E-state index in [1.165, 1.54) is 18.6 Å². The lowest BCUT2D eigenvalue weighted by Gasteiger charge is -2.35. The maximum Gasteiger partial charge on any atom is 0.135 e. The Labute approximate surface area is 150 Å². The lowest BCUT2D eigenvalue weighted by Crippen LogP contribution is -2.34. The van der Waals surface area contributed by atoms with E-state index in [4.69, 9.17) is 0 Å². The van der Waals surface area contributed by atoms with Crippen molar-refractivity contribution in [2.75, 3.05) is 6.54 Å². The van der Waals surface area contributed by atoms with Crippen LogP contribution >= 0.6 is 0 Å². The van der Waals surface area contributed by atoms with E-state index in [1.54, 1.807) is 6.20 Å². The first-order valence-corrected chi connectivity index (χ1v) is 8.82. The van der Waals surface area contributed by atoms with Crippen molar-refractivity contribution in [3.63, 3.8) is 0 Å². The van der Waals surface area contributed by atoms with Crippen LogP contribution < -0.4 is 0 Å². The summed E-state index contributed by atoms with van der Waals surface area (Å²) < 4.78 is 29.5. The summed E-state index contributed by atoms with van der Waals surface area (Å²) in [6.07, 6.45) is 8.83. The van der Waals surface area contributed by atoms with Crippen molar-refractivity contribution in [2.24, 2.45) is 7.05 Å². The molecule has 0 unspecified atom stereocenters. The molecule has 0 radical (unpaired) electrons. The fourth-order valence-corrected chi connectivity index (χ4v) is 3.75. The summed E-state index contributed by atoms with van der Waals surface area (Å²) in [5, 5.41) is 6.97. The molecule has 2 aromatic heterocycles. The molecule has 0 amide bonds. The van der Waals surface area contributed by atoms with Gasteiger partial charge in [-0.15, -0.1) is 0 Å². The van der Waals surface area contributed by atoms with Gasteiger partial charge in [-0.2, -0.15) is 5.10 Å². The zero-order valence-corrected chi connectivity index (χ0v) is 14.6. The molecule has 3 aromatic rings. The van der Waals surface area contributed by atoms with Crippen LogP contribution in [0.2, 0.25) is 0 Å². The SMILES string of the molecule is Cn1ccnc1[C@H]1CCCCN1Cc1cn[nH]c1-c1ccc(F)cc1F. The molecule has 0 bridgehead atoms. The van der Waals surface area contributed by atoms with Gasteiger partial charge in [-0.1, -0.05) is 6.42 Å². The van der Waals surface area contributed by atoms with E-state index >= 15 is 0 Å². The largest absolute Gasteiger partial charge is 0.337 e. The number of imidazole rings is 1. The molecule has 0 saturated carbocycles. The van der Waals surface area contributed by atoms with Gasteiger partial charge in [0.15, 0.2) is 0 Å². The zero-order valence-electron chi connectivity index (χ0n) is 14.6. The third kappa shape index (κ3) is 3.14. The van der Waals surface area contributed by atoms with Crippen LogP contribution in [0.15, 0.2) is 36.8 Å². The molecular weight excluding hydrogens is 336 g/mol. The molecular formula is C19H21F2N5. The van der Waals surface area contributed by atoms with Crippen molar-refractivity contribution >= 4 is 0 Å². The molecule has 5 nitrogen and oxygen atoms in total. The molecule has 1 fully saturated rings. The molecule has 0 aliphatic carbocycles. The molecule has 1 aliphatic rings. The van der Waals surface area contributed by atoms with Crippen LogP contribution in [0, 0.1) is 11.6 Å². The number of likely N-dealkylation sites (tertiary alicyclic amines) is 1. The average Bonchev–Trinajstić information content (AvgIpc) is 3.25. The fourth-order valence-electron chi connectivity index (χ4n) is 3.75. The Hall–Kier alpha value is -2.54. The summed E-state index contributed by atoms with van der Waals surface area (Å²) in [6, 6.07) is 3.84. The molecule has 1 aliphatic heterocycles. The van der Waals surface area contributed by atoms with E-state index in [1.807, 2.05) is 19.4 Å². The number of nitrogens with one attached hydrogen (secondary N) is 1. The zero-order chi connectivity index (χ0) is 18.1. The van der Waals surface area contributed by atoms with E-state index < -0.39 is 11.6 Å². The van der Waals surface area contributed by atoms with Gasteiger partial charge in [-0.3, -0.25) is 10.00 Å². The number of benzene rings is 1. The van der Waals surface area contributed by atoms with E-state index in [0.29, 0.717) is 17.8 Å². The molecule has 4 rings (SSSR count). The number of aryl methyl sites for hydroxylation is 1. The van der Waals surface area contributed by atoms with Gasteiger partial charge in [-0.05, 0) is 31.5 Å². The number of H-pyrrole nitrogens is 1. The van der Waals surface area contributed by atoms with Gasteiger partial charge >= 0.3 is 0 Å². The highest BCUT2D eigenvalue weighted by Gasteiger charge is 2.28. The Bertz CT molecular complexity index is 901. The van der Waals surface area contributed by atoms with Crippen molar-refractivity contribution in [3.05, 3.63) is 59.8 Å². The van der Waals surface area contributed by atoms with E-state index in [0.717, 1.165) is 36.8 Å². The first-order valence-electron chi connectivity index (χ1n) is 8.82. The summed E-state index contributed by atoms with van der Waals surface area (Å²) in [6.45, 7) is 1.59. The standard InChI is InChI=1S/C19H21F2N5/c1-25-9-7-22-19(25)17-4-2-3-8-26(17)12-13-11-23-24-18(13)15-6-5-14(20)10-16(15)21/h5-7,9-11,17H,2-4,8,12H2,1H3,(H,23,24)/t17-/m1/s1. The number of aromatic amines is 1. The maximum absolute atomic E-state index is 14.2. The first kappa shape index (κ1) is 16.9. The predicted octanol–water partition coefficient (Wildman–Crippen LogP) is 3.82. The third-order valence-corrected chi connectivity index (χ3v) is 5.06. The fraction of sp³-hybridized carbons (Fsp3) is 0.368. The van der Waals surface area contributed by atoms with Crippen molar-refractivity contribution in [2.45, 2.75) is 31.8 Å². The minimum Gasteiger partial charge on any atom is -0.337 e. The number of nitrogens with zero attached hydrogens (tertiary/aromatic N) is 4. The molecule has 1 N–H and O–H groups in total. The van der Waals surface area contributed by atoms with Gasteiger partial charge in [0.2, 0.25) is 0 Å². The number of hydrogen-bond donors (Lipinski definition) is 1. The second-order valence-corrected chi connectivity index (χ2v) is 6.77. The second kappa shape index (κ2) is 6.99. The first-order chi connectivity index (χ1) is 12.6. The van der Waals surface area contributed by atoms with Crippen LogP contribution in [0.25, 0.3) is 11.3 Å². The Morgan fingerprint density at radius 3 is 2.92 bits per heavy atom. The maximum atomic E-state index is 14.2. The Morgan fingerprint density at radius 2 is 2.15 bits per heavy atom. The minimum atomic E-state index is -0.588. The number of halogens is 2. The predicted molar refractivity (Wildman–Crippen MR) is 94.1 cm³/mol. The van der Waals surface area contributed by atoms with Gasteiger partial charge in [-0.25, -0.2) is 13.8 Å². The molecule has 136 valence electrons. The van der Waals surface area contributed by atoms with Crippen molar-refractivity contribution in [3.8, 4) is 11.3 Å². The van der Waals surface area contributed by atoms with E-state index in [2.05, 4.69) is 24.6 Å². The van der Waals surface area contributed by atoms with Crippen molar-refractivity contribution in [1.82, 2.24) is 24.6 Å². The lowest BCUT2D eigenvalue weighted by atomic mass is 9.99. The quantitative estimate of drug-likeness (QED) is 0.772. The Balaban J connectivity index is 1.63. The van der Waals surface area contributed by atoms with E-state index in [-0.39, 0.29) is 6.04 Å². The summed E-state index contributed by atoms with van der Waals surface area (Å²) >= 11 is 0. The van der Waals surface area contributed by atoms with Gasteiger partial charge in [0, 0.05) is 43.2 Å². The topological polar surface area (TPSA) is 49.7 Å². The normalized spacial score (nSPS) is 18.3. The summed E-state index contributed by atoms with van der Waals surface area (Å²) in [5.41, 5.74) is 1.84. The monoisotopic (exact) mass is 357 g/mol. The molecule has 0 spiro atoms. The highest BCUT2D eigenvalue weighted by Crippen LogP contribution is 2.33. The van der Waals surface area contributed by atoms with Crippen molar-refractivity contribution in [1.29, 1.82) is 0 Å². The number of hydrogen-bond acceptors (Lipinski definition) is 3. The molecule has 1 aromatic carbocycles. The summed E-state index contributed by atoms with van der Waals surface area (Å²) in [4.78, 5) is 6.88. The molecule has 1 saturated heterocycles. The van der Waals surface area contributed by atoms with Gasteiger partial charge < -0.3 is 4.57 Å². The van der Waals surface area contributed by atoms with Crippen LogP contribution in [0.5, 0.6) is 0 Å². The number of piperidine rings is 1. The molecule has 26 heavy (non-hydrogen) atoms.